The monoisotopic (exact) mass is 585 g/mol. The number of amides is 1. The number of fused-ring (bicyclic) bond motifs is 1. The van der Waals surface area contributed by atoms with Crippen LogP contribution in [0.4, 0.5) is 22.4 Å². The van der Waals surface area contributed by atoms with Crippen molar-refractivity contribution in [3.05, 3.63) is 48.4 Å². The van der Waals surface area contributed by atoms with Crippen molar-refractivity contribution in [2.24, 2.45) is 0 Å². The van der Waals surface area contributed by atoms with Crippen LogP contribution < -0.4 is 15.0 Å². The van der Waals surface area contributed by atoms with Gasteiger partial charge in [-0.25, -0.2) is 24.7 Å². The van der Waals surface area contributed by atoms with Crippen molar-refractivity contribution in [2.75, 3.05) is 56.6 Å². The number of piperazine rings is 1. The Bertz CT molecular complexity index is 1600. The first kappa shape index (κ1) is 28.7. The molecule has 0 bridgehead atoms. The third-order valence-electron chi connectivity index (χ3n) is 7.93. The topological polar surface area (TPSA) is 125 Å². The molecular weight excluding hydrogens is 546 g/mol. The highest BCUT2D eigenvalue weighted by Gasteiger charge is 2.28. The number of benzene rings is 1. The number of carbonyl (C=O) groups is 1. The molecule has 1 unspecified atom stereocenters. The van der Waals surface area contributed by atoms with Crippen molar-refractivity contribution in [3.63, 3.8) is 0 Å². The van der Waals surface area contributed by atoms with Gasteiger partial charge in [0.1, 0.15) is 23.4 Å². The first-order chi connectivity index (χ1) is 20.7. The number of nitrogens with one attached hydrogen (secondary N) is 2. The van der Waals surface area contributed by atoms with E-state index in [9.17, 15) is 4.79 Å². The van der Waals surface area contributed by atoms with Gasteiger partial charge in [0.05, 0.1) is 18.1 Å². The second-order valence-corrected chi connectivity index (χ2v) is 12.0. The minimum atomic E-state index is -0.494. The number of methoxy groups -OCH3 is 1. The van der Waals surface area contributed by atoms with E-state index in [0.717, 1.165) is 66.3 Å². The molecule has 1 amide bonds. The molecule has 5 heterocycles. The van der Waals surface area contributed by atoms with Gasteiger partial charge in [-0.15, -0.1) is 0 Å². The summed E-state index contributed by atoms with van der Waals surface area (Å²) in [6.45, 7) is 12.6. The lowest BCUT2D eigenvalue weighted by atomic mass is 10.1. The molecule has 12 nitrogen and oxygen atoms in total. The van der Waals surface area contributed by atoms with E-state index in [4.69, 9.17) is 14.5 Å². The minimum absolute atomic E-state index is 0.159. The van der Waals surface area contributed by atoms with Gasteiger partial charge >= 0.3 is 6.09 Å². The van der Waals surface area contributed by atoms with E-state index in [0.29, 0.717) is 30.6 Å². The van der Waals surface area contributed by atoms with Gasteiger partial charge in [0.2, 0.25) is 5.95 Å². The Morgan fingerprint density at radius 1 is 1.02 bits per heavy atom. The summed E-state index contributed by atoms with van der Waals surface area (Å²) >= 11 is 0. The van der Waals surface area contributed by atoms with E-state index in [1.807, 2.05) is 57.3 Å². The SMILES string of the molecule is COc1c(-c2ccc3nc(Nc4cc(C(C)N5CCN(C(=O)OC(C)(C)C)CC5)ccn4)[nH]c3c2)ncnc1N1CCC1. The number of aromatic amines is 1. The normalized spacial score (nSPS) is 16.6. The second kappa shape index (κ2) is 11.7. The molecule has 2 N–H and O–H groups in total. The average molecular weight is 586 g/mol. The summed E-state index contributed by atoms with van der Waals surface area (Å²) in [5, 5.41) is 3.33. The van der Waals surface area contributed by atoms with Gasteiger partial charge in [0.15, 0.2) is 11.6 Å². The molecule has 1 atom stereocenters. The fourth-order valence-corrected chi connectivity index (χ4v) is 5.45. The molecule has 43 heavy (non-hydrogen) atoms. The van der Waals surface area contributed by atoms with Gasteiger partial charge in [-0.1, -0.05) is 6.07 Å². The number of hydrogen-bond donors (Lipinski definition) is 2. The van der Waals surface area contributed by atoms with Crippen molar-refractivity contribution in [1.29, 1.82) is 0 Å². The molecule has 2 aliphatic rings. The zero-order valence-corrected chi connectivity index (χ0v) is 25.4. The summed E-state index contributed by atoms with van der Waals surface area (Å²) < 4.78 is 11.3. The maximum Gasteiger partial charge on any atom is 0.410 e. The summed E-state index contributed by atoms with van der Waals surface area (Å²) in [6.07, 6.45) is 4.31. The molecule has 4 aromatic rings. The smallest absolute Gasteiger partial charge is 0.410 e. The van der Waals surface area contributed by atoms with Crippen molar-refractivity contribution in [2.45, 2.75) is 45.8 Å². The molecule has 0 saturated carbocycles. The molecule has 2 fully saturated rings. The Hall–Kier alpha value is -4.45. The number of carbonyl (C=O) groups excluding carboxylic acids is 1. The Morgan fingerprint density at radius 2 is 1.81 bits per heavy atom. The maximum absolute atomic E-state index is 12.5. The highest BCUT2D eigenvalue weighted by atomic mass is 16.6. The highest BCUT2D eigenvalue weighted by molar-refractivity contribution is 5.85. The van der Waals surface area contributed by atoms with E-state index in [2.05, 4.69) is 42.0 Å². The average Bonchev–Trinajstić information content (AvgIpc) is 3.36. The van der Waals surface area contributed by atoms with Crippen molar-refractivity contribution in [3.8, 4) is 17.0 Å². The van der Waals surface area contributed by atoms with Gasteiger partial charge in [0, 0.05) is 57.1 Å². The van der Waals surface area contributed by atoms with Crippen molar-refractivity contribution in [1.82, 2.24) is 34.7 Å². The van der Waals surface area contributed by atoms with E-state index < -0.39 is 5.60 Å². The van der Waals surface area contributed by atoms with Crippen LogP contribution >= 0.6 is 0 Å². The number of rotatable bonds is 7. The van der Waals surface area contributed by atoms with Crippen LogP contribution in [0, 0.1) is 0 Å². The molecule has 226 valence electrons. The molecule has 2 saturated heterocycles. The largest absolute Gasteiger partial charge is 0.491 e. The maximum atomic E-state index is 12.5. The second-order valence-electron chi connectivity index (χ2n) is 12.0. The zero-order valence-electron chi connectivity index (χ0n) is 25.4. The molecule has 12 heteroatoms. The number of anilines is 3. The number of imidazole rings is 1. The van der Waals surface area contributed by atoms with Crippen LogP contribution in [0.1, 0.15) is 45.7 Å². The van der Waals surface area contributed by atoms with Gasteiger partial charge in [-0.3, -0.25) is 4.90 Å². The van der Waals surface area contributed by atoms with Crippen LogP contribution in [0.3, 0.4) is 0 Å². The van der Waals surface area contributed by atoms with Gasteiger partial charge < -0.3 is 29.6 Å². The lowest BCUT2D eigenvalue weighted by molar-refractivity contribution is 0.0110. The molecule has 0 radical (unpaired) electrons. The Labute approximate surface area is 251 Å². The number of H-pyrrole nitrogens is 1. The third-order valence-corrected chi connectivity index (χ3v) is 7.93. The summed E-state index contributed by atoms with van der Waals surface area (Å²) in [5.41, 5.74) is 4.01. The molecule has 0 aliphatic carbocycles. The van der Waals surface area contributed by atoms with E-state index in [1.54, 1.807) is 18.3 Å². The predicted molar refractivity (Wildman–Crippen MR) is 166 cm³/mol. The summed E-state index contributed by atoms with van der Waals surface area (Å²) in [7, 11) is 1.66. The van der Waals surface area contributed by atoms with Crippen LogP contribution in [0.2, 0.25) is 0 Å². The van der Waals surface area contributed by atoms with Crippen LogP contribution in [0.5, 0.6) is 5.75 Å². The van der Waals surface area contributed by atoms with E-state index >= 15 is 0 Å². The van der Waals surface area contributed by atoms with Crippen molar-refractivity contribution >= 4 is 34.7 Å². The number of pyridine rings is 1. The molecule has 3 aromatic heterocycles. The lowest BCUT2D eigenvalue weighted by Gasteiger charge is -2.38. The summed E-state index contributed by atoms with van der Waals surface area (Å²) in [5.74, 6) is 2.82. The van der Waals surface area contributed by atoms with Gasteiger partial charge in [-0.2, -0.15) is 0 Å². The third kappa shape index (κ3) is 6.19. The minimum Gasteiger partial charge on any atom is -0.491 e. The fourth-order valence-electron chi connectivity index (χ4n) is 5.45. The summed E-state index contributed by atoms with van der Waals surface area (Å²) in [4.78, 5) is 40.5. The number of hydrogen-bond acceptors (Lipinski definition) is 10. The Morgan fingerprint density at radius 3 is 2.51 bits per heavy atom. The quantitative estimate of drug-likeness (QED) is 0.306. The van der Waals surface area contributed by atoms with Crippen LogP contribution in [-0.2, 0) is 4.74 Å². The standard InChI is InChI=1S/C31H39N9O3/c1-20(38-13-15-40(16-14-38)30(41)43-31(2,3)4)21-9-10-32-25(18-21)37-29-35-23-8-7-22(17-24(23)36-29)26-27(42-5)28(34-19-33-26)39-11-6-12-39/h7-10,17-20H,6,11-16H2,1-5H3,(H2,32,35,36,37). The van der Waals surface area contributed by atoms with Gasteiger partial charge in [-0.05, 0) is 63.9 Å². The molecule has 6 rings (SSSR count). The highest BCUT2D eigenvalue weighted by Crippen LogP contribution is 2.37. The Balaban J connectivity index is 1.14. The summed E-state index contributed by atoms with van der Waals surface area (Å²) in [6, 6.07) is 10.2. The number of aromatic nitrogens is 5. The molecule has 1 aromatic carbocycles. The molecular formula is C31H39N9O3. The number of nitrogens with zero attached hydrogens (tertiary/aromatic N) is 7. The molecule has 2 aliphatic heterocycles. The Kier molecular flexibility index (Phi) is 7.78. The first-order valence-corrected chi connectivity index (χ1v) is 14.8. The van der Waals surface area contributed by atoms with E-state index in [1.165, 1.54) is 0 Å². The van der Waals surface area contributed by atoms with Crippen LogP contribution in [0.15, 0.2) is 42.9 Å². The fraction of sp³-hybridized carbons (Fsp3) is 0.452. The lowest BCUT2D eigenvalue weighted by Crippen LogP contribution is -2.50. The number of ether oxygens (including phenoxy) is 2. The zero-order chi connectivity index (χ0) is 30.1. The van der Waals surface area contributed by atoms with Crippen LogP contribution in [0.25, 0.3) is 22.3 Å². The van der Waals surface area contributed by atoms with Crippen LogP contribution in [-0.4, -0.2) is 92.8 Å². The first-order valence-electron chi connectivity index (χ1n) is 14.8. The van der Waals surface area contributed by atoms with Gasteiger partial charge in [0.25, 0.3) is 0 Å². The molecule has 0 spiro atoms. The predicted octanol–water partition coefficient (Wildman–Crippen LogP) is 4.99. The van der Waals surface area contributed by atoms with E-state index in [-0.39, 0.29) is 12.1 Å². The van der Waals surface area contributed by atoms with Crippen molar-refractivity contribution < 1.29 is 14.3 Å².